The van der Waals surface area contributed by atoms with Crippen molar-refractivity contribution in [1.29, 1.82) is 0 Å². The molecule has 0 saturated carbocycles. The summed E-state index contributed by atoms with van der Waals surface area (Å²) in [7, 11) is 0. The first-order valence-corrected chi connectivity index (χ1v) is 7.34. The van der Waals surface area contributed by atoms with Gasteiger partial charge in [0.2, 0.25) is 11.7 Å². The van der Waals surface area contributed by atoms with Gasteiger partial charge >= 0.3 is 0 Å². The number of nitrogens with one attached hydrogen (secondary N) is 1. The molecule has 23 heavy (non-hydrogen) atoms. The Morgan fingerprint density at radius 2 is 2.13 bits per heavy atom. The maximum Gasteiger partial charge on any atom is 0.241 e. The van der Waals surface area contributed by atoms with E-state index in [0.29, 0.717) is 31.0 Å². The van der Waals surface area contributed by atoms with Crippen molar-refractivity contribution in [3.05, 3.63) is 43.2 Å². The minimum absolute atomic E-state index is 0. The second kappa shape index (κ2) is 4.75. The molecular weight excluding hydrogens is 294 g/mol. The van der Waals surface area contributed by atoms with Gasteiger partial charge in [-0.2, -0.15) is 0 Å². The summed E-state index contributed by atoms with van der Waals surface area (Å²) in [6.07, 6.45) is 11.2. The third-order valence-electron chi connectivity index (χ3n) is 3.94. The molecular formula is C15H15N7O. The van der Waals surface area contributed by atoms with Crippen molar-refractivity contribution in [3.63, 3.8) is 0 Å². The average Bonchev–Trinajstić information content (AvgIpc) is 3.16. The fraction of sp³-hybridized carbons (Fsp3) is 0.200. The van der Waals surface area contributed by atoms with Crippen LogP contribution in [0.3, 0.4) is 0 Å². The maximum absolute atomic E-state index is 5.15. The Balaban J connectivity index is 0.00000146. The predicted molar refractivity (Wildman–Crippen MR) is 85.3 cm³/mol. The first-order valence-electron chi connectivity index (χ1n) is 7.34. The van der Waals surface area contributed by atoms with Crippen molar-refractivity contribution >= 4 is 17.2 Å². The van der Waals surface area contributed by atoms with Gasteiger partial charge in [-0.15, -0.1) is 5.10 Å². The topological polar surface area (TPSA) is 81.6 Å². The maximum atomic E-state index is 5.15. The number of hydrogen-bond acceptors (Lipinski definition) is 6. The molecule has 5 heterocycles. The van der Waals surface area contributed by atoms with E-state index in [9.17, 15) is 0 Å². The highest BCUT2D eigenvalue weighted by atomic mass is 16.5. The smallest absolute Gasteiger partial charge is 0.241 e. The van der Waals surface area contributed by atoms with Crippen molar-refractivity contribution in [3.8, 4) is 11.1 Å². The minimum atomic E-state index is 0. The van der Waals surface area contributed by atoms with Gasteiger partial charge in [-0.1, -0.05) is 0 Å². The number of imidazole rings is 1. The van der Waals surface area contributed by atoms with E-state index in [4.69, 9.17) is 4.74 Å². The van der Waals surface area contributed by atoms with Crippen LogP contribution in [0.4, 0.5) is 5.95 Å². The predicted octanol–water partition coefficient (Wildman–Crippen LogP) is 1.50. The quantitative estimate of drug-likeness (QED) is 0.617. The van der Waals surface area contributed by atoms with Crippen molar-refractivity contribution < 1.29 is 6.16 Å². The zero-order valence-electron chi connectivity index (χ0n) is 12.1. The lowest BCUT2D eigenvalue weighted by Crippen LogP contribution is -2.40. The SMILES string of the molecule is [HH].c1cn2cc(-c3ccn4nc(NC5COC5)ncc34)cnc2n1. The van der Waals surface area contributed by atoms with E-state index in [1.807, 2.05) is 46.0 Å². The molecule has 4 aromatic rings. The second-order valence-electron chi connectivity index (χ2n) is 5.50. The normalized spacial score (nSPS) is 15.1. The van der Waals surface area contributed by atoms with Crippen LogP contribution in [0, 0.1) is 0 Å². The number of ether oxygens (including phenoxy) is 1. The third kappa shape index (κ3) is 2.03. The van der Waals surface area contributed by atoms with Crippen LogP contribution in [0.1, 0.15) is 1.43 Å². The van der Waals surface area contributed by atoms with Gasteiger partial charge in [0.1, 0.15) is 0 Å². The number of rotatable bonds is 3. The van der Waals surface area contributed by atoms with Gasteiger partial charge in [0.15, 0.2) is 0 Å². The van der Waals surface area contributed by atoms with Gasteiger partial charge in [0.25, 0.3) is 0 Å². The molecule has 5 rings (SSSR count). The highest BCUT2D eigenvalue weighted by Crippen LogP contribution is 2.24. The molecule has 0 spiro atoms. The Hall–Kier alpha value is -3.00. The summed E-state index contributed by atoms with van der Waals surface area (Å²) in [5.74, 6) is 1.29. The zero-order chi connectivity index (χ0) is 15.2. The lowest BCUT2D eigenvalue weighted by atomic mass is 10.1. The van der Waals surface area contributed by atoms with Crippen LogP contribution < -0.4 is 5.32 Å². The van der Waals surface area contributed by atoms with E-state index in [-0.39, 0.29) is 1.43 Å². The number of anilines is 1. The summed E-state index contributed by atoms with van der Waals surface area (Å²) in [6.45, 7) is 1.41. The van der Waals surface area contributed by atoms with Crippen molar-refractivity contribution in [2.75, 3.05) is 18.5 Å². The van der Waals surface area contributed by atoms with E-state index in [2.05, 4.69) is 25.4 Å². The largest absolute Gasteiger partial charge is 0.377 e. The van der Waals surface area contributed by atoms with Crippen LogP contribution in [-0.2, 0) is 4.74 Å². The van der Waals surface area contributed by atoms with Crippen molar-refractivity contribution in [1.82, 2.24) is 29.0 Å². The molecule has 1 aliphatic heterocycles. The molecule has 0 radical (unpaired) electrons. The molecule has 0 aliphatic carbocycles. The molecule has 0 aromatic carbocycles. The zero-order valence-corrected chi connectivity index (χ0v) is 12.1. The van der Waals surface area contributed by atoms with Gasteiger partial charge in [-0.3, -0.25) is 4.40 Å². The van der Waals surface area contributed by atoms with Gasteiger partial charge in [0.05, 0.1) is 31.0 Å². The molecule has 1 aliphatic rings. The van der Waals surface area contributed by atoms with Crippen LogP contribution in [0.15, 0.2) is 43.2 Å². The highest BCUT2D eigenvalue weighted by molar-refractivity contribution is 5.79. The van der Waals surface area contributed by atoms with Crippen molar-refractivity contribution in [2.45, 2.75) is 6.04 Å². The van der Waals surface area contributed by atoms with E-state index in [0.717, 1.165) is 16.6 Å². The molecule has 0 amide bonds. The molecule has 1 fully saturated rings. The van der Waals surface area contributed by atoms with Crippen LogP contribution in [-0.4, -0.2) is 48.2 Å². The summed E-state index contributed by atoms with van der Waals surface area (Å²) >= 11 is 0. The Labute approximate surface area is 132 Å². The first kappa shape index (κ1) is 12.5. The fourth-order valence-electron chi connectivity index (χ4n) is 2.67. The van der Waals surface area contributed by atoms with E-state index in [1.54, 1.807) is 6.20 Å². The number of aromatic nitrogens is 6. The Morgan fingerprint density at radius 1 is 1.17 bits per heavy atom. The monoisotopic (exact) mass is 309 g/mol. The Morgan fingerprint density at radius 3 is 3.00 bits per heavy atom. The van der Waals surface area contributed by atoms with Crippen LogP contribution in [0.5, 0.6) is 0 Å². The standard InChI is InChI=1S/C15H13N7O.H2/c1-3-22-13(6-17-14(20-22)19-11-8-23-9-11)12(1)10-5-18-15-16-2-4-21(15)7-10;/h1-7,11H,8-9H2,(H,19,20);1H. The number of nitrogens with zero attached hydrogens (tertiary/aromatic N) is 6. The molecule has 1 N–H and O–H groups in total. The van der Waals surface area contributed by atoms with Crippen LogP contribution in [0.2, 0.25) is 0 Å². The molecule has 4 aromatic heterocycles. The molecule has 1 saturated heterocycles. The summed E-state index contributed by atoms with van der Waals surface area (Å²) in [5, 5.41) is 7.74. The van der Waals surface area contributed by atoms with Gasteiger partial charge in [-0.25, -0.2) is 19.5 Å². The van der Waals surface area contributed by atoms with E-state index in [1.165, 1.54) is 0 Å². The first-order chi connectivity index (χ1) is 11.4. The lowest BCUT2D eigenvalue weighted by molar-refractivity contribution is 0.0207. The molecule has 0 unspecified atom stereocenters. The summed E-state index contributed by atoms with van der Waals surface area (Å²) in [4.78, 5) is 12.9. The third-order valence-corrected chi connectivity index (χ3v) is 3.94. The van der Waals surface area contributed by atoms with Gasteiger partial charge in [0, 0.05) is 43.5 Å². The highest BCUT2D eigenvalue weighted by Gasteiger charge is 2.19. The fourth-order valence-corrected chi connectivity index (χ4v) is 2.67. The van der Waals surface area contributed by atoms with E-state index < -0.39 is 0 Å². The molecule has 8 nitrogen and oxygen atoms in total. The number of hydrogen-bond donors (Lipinski definition) is 1. The Kier molecular flexibility index (Phi) is 2.59. The average molecular weight is 309 g/mol. The minimum Gasteiger partial charge on any atom is -0.377 e. The summed E-state index contributed by atoms with van der Waals surface area (Å²) < 4.78 is 8.86. The molecule has 116 valence electrons. The Bertz CT molecular complexity index is 1010. The van der Waals surface area contributed by atoms with Gasteiger partial charge < -0.3 is 10.1 Å². The van der Waals surface area contributed by atoms with E-state index >= 15 is 0 Å². The second-order valence-corrected chi connectivity index (χ2v) is 5.50. The van der Waals surface area contributed by atoms with Crippen molar-refractivity contribution in [2.24, 2.45) is 0 Å². The molecule has 8 heteroatoms. The molecule has 0 atom stereocenters. The summed E-state index contributed by atoms with van der Waals surface area (Å²) in [6, 6.07) is 2.32. The summed E-state index contributed by atoms with van der Waals surface area (Å²) in [5.41, 5.74) is 2.96. The lowest BCUT2D eigenvalue weighted by Gasteiger charge is -2.26. The van der Waals surface area contributed by atoms with Crippen LogP contribution in [0.25, 0.3) is 22.4 Å². The van der Waals surface area contributed by atoms with Crippen LogP contribution >= 0.6 is 0 Å². The molecule has 0 bridgehead atoms. The van der Waals surface area contributed by atoms with Gasteiger partial charge in [-0.05, 0) is 6.07 Å². The number of fused-ring (bicyclic) bond motifs is 2.